The van der Waals surface area contributed by atoms with Gasteiger partial charge in [-0.3, -0.25) is 0 Å². The van der Waals surface area contributed by atoms with Crippen LogP contribution in [-0.4, -0.2) is 36.1 Å². The number of nitrogens with zero attached hydrogens (tertiary/aromatic N) is 1. The first-order valence-corrected chi connectivity index (χ1v) is 4.32. The van der Waals surface area contributed by atoms with Crippen LogP contribution in [0, 0.1) is 5.41 Å². The van der Waals surface area contributed by atoms with Gasteiger partial charge in [-0.25, -0.2) is 4.79 Å². The minimum absolute atomic E-state index is 0.0510. The highest BCUT2D eigenvalue weighted by molar-refractivity contribution is 5.79. The molecule has 0 aliphatic carbocycles. The Balaban J connectivity index is 4.55. The van der Waals surface area contributed by atoms with Crippen LogP contribution in [0.4, 0.5) is 0 Å². The van der Waals surface area contributed by atoms with Gasteiger partial charge in [0.1, 0.15) is 0 Å². The van der Waals surface area contributed by atoms with Crippen LogP contribution in [0.1, 0.15) is 20.8 Å². The van der Waals surface area contributed by atoms with Crippen LogP contribution >= 0.6 is 0 Å². The van der Waals surface area contributed by atoms with Gasteiger partial charge >= 0.3 is 5.97 Å². The quantitative estimate of drug-likeness (QED) is 0.679. The fraction of sp³-hybridized carbons (Fsp3) is 0.700. The summed E-state index contributed by atoms with van der Waals surface area (Å²) in [5.41, 5.74) is 0.0510. The monoisotopic (exact) mass is 185 g/mol. The van der Waals surface area contributed by atoms with E-state index >= 15 is 0 Å². The summed E-state index contributed by atoms with van der Waals surface area (Å²) in [5, 5.41) is 8.50. The number of carboxylic acid groups (broad SMARTS) is 1. The van der Waals surface area contributed by atoms with Gasteiger partial charge in [0.2, 0.25) is 0 Å². The minimum Gasteiger partial charge on any atom is -0.478 e. The molecule has 0 aliphatic heterocycles. The number of hydrogen-bond donors (Lipinski definition) is 1. The molecule has 0 aliphatic rings. The maximum absolute atomic E-state index is 10.3. The van der Waals surface area contributed by atoms with E-state index in [1.807, 2.05) is 19.0 Å². The lowest BCUT2D eigenvalue weighted by Crippen LogP contribution is -2.37. The number of carboxylic acids is 1. The van der Waals surface area contributed by atoms with Crippen LogP contribution < -0.4 is 0 Å². The molecule has 0 amide bonds. The summed E-state index contributed by atoms with van der Waals surface area (Å²) in [5.74, 6) is -0.892. The molecule has 1 atom stereocenters. The van der Waals surface area contributed by atoms with E-state index < -0.39 is 5.97 Å². The van der Waals surface area contributed by atoms with Crippen LogP contribution in [-0.2, 0) is 4.79 Å². The van der Waals surface area contributed by atoms with Crippen molar-refractivity contribution in [1.29, 1.82) is 0 Å². The van der Waals surface area contributed by atoms with Crippen molar-refractivity contribution in [2.45, 2.75) is 26.8 Å². The van der Waals surface area contributed by atoms with E-state index in [4.69, 9.17) is 5.11 Å². The van der Waals surface area contributed by atoms with E-state index in [2.05, 4.69) is 20.8 Å². The summed E-state index contributed by atoms with van der Waals surface area (Å²) in [7, 11) is 3.89. The topological polar surface area (TPSA) is 40.5 Å². The van der Waals surface area contributed by atoms with Crippen LogP contribution in [0.3, 0.4) is 0 Å². The average Bonchev–Trinajstić information content (AvgIpc) is 1.81. The number of likely N-dealkylation sites (N-methyl/N-ethyl adjacent to an activating group) is 1. The van der Waals surface area contributed by atoms with Crippen LogP contribution in [0.2, 0.25) is 0 Å². The molecule has 0 aromatic carbocycles. The lowest BCUT2D eigenvalue weighted by Gasteiger charge is -2.33. The van der Waals surface area contributed by atoms with E-state index in [9.17, 15) is 4.79 Å². The SMILES string of the molecule is CN(C)[C@H](/C=C/C(=O)O)C(C)(C)C. The molecule has 0 fully saturated rings. The van der Waals surface area contributed by atoms with Gasteiger partial charge < -0.3 is 10.0 Å². The van der Waals surface area contributed by atoms with E-state index in [1.165, 1.54) is 6.08 Å². The Hall–Kier alpha value is -0.830. The maximum atomic E-state index is 10.3. The summed E-state index contributed by atoms with van der Waals surface area (Å²) < 4.78 is 0. The van der Waals surface area contributed by atoms with E-state index in [0.29, 0.717) is 0 Å². The molecule has 0 saturated heterocycles. The molecular weight excluding hydrogens is 166 g/mol. The molecule has 0 unspecified atom stereocenters. The molecule has 13 heavy (non-hydrogen) atoms. The largest absolute Gasteiger partial charge is 0.478 e. The highest BCUT2D eigenvalue weighted by Gasteiger charge is 2.23. The zero-order valence-corrected chi connectivity index (χ0v) is 9.03. The van der Waals surface area contributed by atoms with Gasteiger partial charge in [-0.15, -0.1) is 0 Å². The Morgan fingerprint density at radius 1 is 1.38 bits per heavy atom. The highest BCUT2D eigenvalue weighted by atomic mass is 16.4. The molecule has 0 saturated carbocycles. The summed E-state index contributed by atoms with van der Waals surface area (Å²) in [6.07, 6.45) is 2.93. The summed E-state index contributed by atoms with van der Waals surface area (Å²) in [4.78, 5) is 12.4. The zero-order valence-electron chi connectivity index (χ0n) is 9.03. The third-order valence-corrected chi connectivity index (χ3v) is 1.86. The van der Waals surface area contributed by atoms with E-state index in [1.54, 1.807) is 6.08 Å². The van der Waals surface area contributed by atoms with Gasteiger partial charge in [0, 0.05) is 12.1 Å². The van der Waals surface area contributed by atoms with E-state index in [0.717, 1.165) is 0 Å². The molecule has 0 aromatic rings. The number of rotatable bonds is 3. The van der Waals surface area contributed by atoms with E-state index in [-0.39, 0.29) is 11.5 Å². The fourth-order valence-corrected chi connectivity index (χ4v) is 1.41. The van der Waals surface area contributed by atoms with Crippen molar-refractivity contribution in [3.63, 3.8) is 0 Å². The molecule has 1 N–H and O–H groups in total. The molecule has 0 rings (SSSR count). The smallest absolute Gasteiger partial charge is 0.328 e. The van der Waals surface area contributed by atoms with Crippen molar-refractivity contribution in [3.05, 3.63) is 12.2 Å². The highest BCUT2D eigenvalue weighted by Crippen LogP contribution is 2.23. The molecule has 0 bridgehead atoms. The molecule has 0 aromatic heterocycles. The summed E-state index contributed by atoms with van der Waals surface area (Å²) in [6.45, 7) is 6.26. The van der Waals surface area contributed by atoms with Crippen molar-refractivity contribution >= 4 is 5.97 Å². The first-order valence-electron chi connectivity index (χ1n) is 4.32. The minimum atomic E-state index is -0.892. The van der Waals surface area contributed by atoms with Crippen LogP contribution in [0.5, 0.6) is 0 Å². The number of carbonyl (C=O) groups is 1. The van der Waals surface area contributed by atoms with Crippen molar-refractivity contribution in [1.82, 2.24) is 4.90 Å². The maximum Gasteiger partial charge on any atom is 0.328 e. The second-order valence-electron chi connectivity index (χ2n) is 4.47. The first-order chi connectivity index (χ1) is 5.75. The van der Waals surface area contributed by atoms with Crippen molar-refractivity contribution in [3.8, 4) is 0 Å². The Bertz CT molecular complexity index is 201. The van der Waals surface area contributed by atoms with Crippen LogP contribution in [0.15, 0.2) is 12.2 Å². The summed E-state index contributed by atoms with van der Waals surface area (Å²) in [6, 6.07) is 0.142. The molecule has 0 heterocycles. The van der Waals surface area contributed by atoms with Gasteiger partial charge in [0.15, 0.2) is 0 Å². The Labute approximate surface area is 80.0 Å². The second-order valence-corrected chi connectivity index (χ2v) is 4.47. The standard InChI is InChI=1S/C10H19NO2/c1-10(2,3)8(11(4)5)6-7-9(12)13/h6-8H,1-5H3,(H,12,13)/b7-6+/t8-/m1/s1. The molecule has 0 spiro atoms. The average molecular weight is 185 g/mol. The Morgan fingerprint density at radius 2 is 1.85 bits per heavy atom. The lowest BCUT2D eigenvalue weighted by molar-refractivity contribution is -0.131. The van der Waals surface area contributed by atoms with Gasteiger partial charge in [0.25, 0.3) is 0 Å². The van der Waals surface area contributed by atoms with Crippen molar-refractivity contribution < 1.29 is 9.90 Å². The van der Waals surface area contributed by atoms with Crippen molar-refractivity contribution in [2.24, 2.45) is 5.41 Å². The predicted octanol–water partition coefficient (Wildman–Crippen LogP) is 1.60. The third-order valence-electron chi connectivity index (χ3n) is 1.86. The molecule has 76 valence electrons. The normalized spacial score (nSPS) is 15.2. The van der Waals surface area contributed by atoms with Gasteiger partial charge in [-0.1, -0.05) is 26.8 Å². The molecule has 3 heteroatoms. The molecule has 0 radical (unpaired) electrons. The molecular formula is C10H19NO2. The Kier molecular flexibility index (Phi) is 4.14. The zero-order chi connectivity index (χ0) is 10.6. The first kappa shape index (κ1) is 12.2. The van der Waals surface area contributed by atoms with Gasteiger partial charge in [-0.05, 0) is 19.5 Å². The lowest BCUT2D eigenvalue weighted by atomic mass is 9.86. The van der Waals surface area contributed by atoms with Gasteiger partial charge in [0.05, 0.1) is 0 Å². The number of hydrogen-bond acceptors (Lipinski definition) is 2. The predicted molar refractivity (Wildman–Crippen MR) is 53.7 cm³/mol. The number of aliphatic carboxylic acids is 1. The fourth-order valence-electron chi connectivity index (χ4n) is 1.41. The summed E-state index contributed by atoms with van der Waals surface area (Å²) >= 11 is 0. The van der Waals surface area contributed by atoms with Crippen molar-refractivity contribution in [2.75, 3.05) is 14.1 Å². The van der Waals surface area contributed by atoms with Gasteiger partial charge in [-0.2, -0.15) is 0 Å². The Morgan fingerprint density at radius 3 is 2.08 bits per heavy atom. The van der Waals surface area contributed by atoms with Crippen LogP contribution in [0.25, 0.3) is 0 Å². The molecule has 3 nitrogen and oxygen atoms in total. The third kappa shape index (κ3) is 4.68. The second kappa shape index (κ2) is 4.42.